The summed E-state index contributed by atoms with van der Waals surface area (Å²) in [7, 11) is 0. The third kappa shape index (κ3) is 2.38. The molecule has 0 atom stereocenters. The number of aromatic amines is 1. The van der Waals surface area contributed by atoms with Crippen LogP contribution in [0.3, 0.4) is 0 Å². The standard InChI is InChI=1S/C18H14F2N2O/c19-12-7-11(8-13(20)9-12)18(23)22-6-5-17-15(10-22)14-3-1-2-4-16(14)21-17/h1-4,7-9,21H,5-6,10H2. The van der Waals surface area contributed by atoms with Crippen molar-refractivity contribution in [3.05, 3.63) is 70.9 Å². The van der Waals surface area contributed by atoms with Crippen LogP contribution in [0.25, 0.3) is 10.9 Å². The Hall–Kier alpha value is -2.69. The maximum Gasteiger partial charge on any atom is 0.254 e. The second-order valence-electron chi connectivity index (χ2n) is 5.76. The van der Waals surface area contributed by atoms with E-state index in [9.17, 15) is 13.6 Å². The first kappa shape index (κ1) is 13.9. The van der Waals surface area contributed by atoms with Crippen LogP contribution in [0.15, 0.2) is 42.5 Å². The number of rotatable bonds is 1. The minimum Gasteiger partial charge on any atom is -0.358 e. The SMILES string of the molecule is O=C(c1cc(F)cc(F)c1)N1CCc2[nH]c3ccccc3c2C1. The molecule has 1 aromatic heterocycles. The van der Waals surface area contributed by atoms with E-state index >= 15 is 0 Å². The van der Waals surface area contributed by atoms with Crippen molar-refractivity contribution in [2.75, 3.05) is 6.54 Å². The van der Waals surface area contributed by atoms with E-state index in [1.165, 1.54) is 0 Å². The summed E-state index contributed by atoms with van der Waals surface area (Å²) in [6.45, 7) is 0.965. The number of aromatic nitrogens is 1. The van der Waals surface area contributed by atoms with Gasteiger partial charge in [-0.3, -0.25) is 4.79 Å². The molecule has 1 aliphatic heterocycles. The molecule has 116 valence electrons. The summed E-state index contributed by atoms with van der Waals surface area (Å²) in [4.78, 5) is 17.6. The van der Waals surface area contributed by atoms with Crippen molar-refractivity contribution in [2.24, 2.45) is 0 Å². The van der Waals surface area contributed by atoms with Gasteiger partial charge in [-0.05, 0) is 18.2 Å². The molecule has 3 nitrogen and oxygen atoms in total. The third-order valence-corrected chi connectivity index (χ3v) is 4.28. The number of hydrogen-bond donors (Lipinski definition) is 1. The lowest BCUT2D eigenvalue weighted by molar-refractivity contribution is 0.0734. The number of fused-ring (bicyclic) bond motifs is 3. The van der Waals surface area contributed by atoms with Crippen LogP contribution in [0.4, 0.5) is 8.78 Å². The first-order valence-corrected chi connectivity index (χ1v) is 7.45. The molecule has 4 rings (SSSR count). The molecular weight excluding hydrogens is 298 g/mol. The summed E-state index contributed by atoms with van der Waals surface area (Å²) in [5.74, 6) is -1.82. The topological polar surface area (TPSA) is 36.1 Å². The zero-order valence-corrected chi connectivity index (χ0v) is 12.3. The zero-order valence-electron chi connectivity index (χ0n) is 12.3. The van der Waals surface area contributed by atoms with Gasteiger partial charge in [-0.1, -0.05) is 18.2 Å². The number of carbonyl (C=O) groups excluding carboxylic acids is 1. The molecule has 1 N–H and O–H groups in total. The summed E-state index contributed by atoms with van der Waals surface area (Å²) in [6.07, 6.45) is 0.702. The van der Waals surface area contributed by atoms with Crippen molar-refractivity contribution >= 4 is 16.8 Å². The molecular formula is C18H14F2N2O. The van der Waals surface area contributed by atoms with Gasteiger partial charge in [0.15, 0.2) is 0 Å². The van der Waals surface area contributed by atoms with E-state index in [-0.39, 0.29) is 11.5 Å². The minimum absolute atomic E-state index is 0.0470. The number of carbonyl (C=O) groups is 1. The molecule has 0 fully saturated rings. The van der Waals surface area contributed by atoms with Crippen molar-refractivity contribution in [3.63, 3.8) is 0 Å². The Morgan fingerprint density at radius 2 is 1.83 bits per heavy atom. The second kappa shape index (κ2) is 5.19. The third-order valence-electron chi connectivity index (χ3n) is 4.28. The van der Waals surface area contributed by atoms with E-state index < -0.39 is 11.6 Å². The van der Waals surface area contributed by atoms with Crippen LogP contribution in [-0.4, -0.2) is 22.3 Å². The number of nitrogens with one attached hydrogen (secondary N) is 1. The van der Waals surface area contributed by atoms with Gasteiger partial charge in [0.05, 0.1) is 0 Å². The number of hydrogen-bond acceptors (Lipinski definition) is 1. The molecule has 2 aromatic carbocycles. The first-order chi connectivity index (χ1) is 11.1. The highest BCUT2D eigenvalue weighted by Crippen LogP contribution is 2.28. The highest BCUT2D eigenvalue weighted by atomic mass is 19.1. The lowest BCUT2D eigenvalue weighted by Crippen LogP contribution is -2.35. The number of halogens is 2. The van der Waals surface area contributed by atoms with Crippen LogP contribution in [-0.2, 0) is 13.0 Å². The van der Waals surface area contributed by atoms with Gasteiger partial charge in [-0.15, -0.1) is 0 Å². The number of nitrogens with zero attached hydrogens (tertiary/aromatic N) is 1. The van der Waals surface area contributed by atoms with Crippen molar-refractivity contribution < 1.29 is 13.6 Å². The molecule has 23 heavy (non-hydrogen) atoms. The second-order valence-corrected chi connectivity index (χ2v) is 5.76. The normalized spacial score (nSPS) is 14.1. The van der Waals surface area contributed by atoms with Crippen LogP contribution in [0, 0.1) is 11.6 Å². The van der Waals surface area contributed by atoms with Gasteiger partial charge < -0.3 is 9.88 Å². The molecule has 3 aromatic rings. The lowest BCUT2D eigenvalue weighted by atomic mass is 10.0. The van der Waals surface area contributed by atoms with Gasteiger partial charge in [0.1, 0.15) is 11.6 Å². The Kier molecular flexibility index (Phi) is 3.15. The Labute approximate surface area is 131 Å². The monoisotopic (exact) mass is 312 g/mol. The highest BCUT2D eigenvalue weighted by molar-refractivity contribution is 5.95. The average molecular weight is 312 g/mol. The highest BCUT2D eigenvalue weighted by Gasteiger charge is 2.25. The van der Waals surface area contributed by atoms with Crippen molar-refractivity contribution in [1.29, 1.82) is 0 Å². The summed E-state index contributed by atoms with van der Waals surface area (Å²) in [5.41, 5.74) is 3.30. The molecule has 0 unspecified atom stereocenters. The van der Waals surface area contributed by atoms with Gasteiger partial charge in [0, 0.05) is 53.3 Å². The quantitative estimate of drug-likeness (QED) is 0.731. The Morgan fingerprint density at radius 1 is 1.09 bits per heavy atom. The predicted octanol–water partition coefficient (Wildman–Crippen LogP) is 3.64. The summed E-state index contributed by atoms with van der Waals surface area (Å²) in [5, 5.41) is 1.09. The maximum absolute atomic E-state index is 13.3. The summed E-state index contributed by atoms with van der Waals surface area (Å²) >= 11 is 0. The van der Waals surface area contributed by atoms with E-state index in [1.54, 1.807) is 4.90 Å². The van der Waals surface area contributed by atoms with E-state index in [0.29, 0.717) is 19.5 Å². The number of H-pyrrole nitrogens is 1. The van der Waals surface area contributed by atoms with Gasteiger partial charge in [0.2, 0.25) is 0 Å². The largest absolute Gasteiger partial charge is 0.358 e. The predicted molar refractivity (Wildman–Crippen MR) is 83.1 cm³/mol. The van der Waals surface area contributed by atoms with E-state index in [0.717, 1.165) is 40.4 Å². The van der Waals surface area contributed by atoms with Crippen LogP contribution >= 0.6 is 0 Å². The zero-order chi connectivity index (χ0) is 16.0. The van der Waals surface area contributed by atoms with E-state index in [1.807, 2.05) is 24.3 Å². The summed E-state index contributed by atoms with van der Waals surface area (Å²) in [6, 6.07) is 10.9. The number of para-hydroxylation sites is 1. The smallest absolute Gasteiger partial charge is 0.254 e. The Morgan fingerprint density at radius 3 is 2.61 bits per heavy atom. The lowest BCUT2D eigenvalue weighted by Gasteiger charge is -2.27. The molecule has 0 radical (unpaired) electrons. The summed E-state index contributed by atoms with van der Waals surface area (Å²) < 4.78 is 26.7. The van der Waals surface area contributed by atoms with E-state index in [2.05, 4.69) is 4.98 Å². The fourth-order valence-corrected chi connectivity index (χ4v) is 3.20. The molecule has 0 aliphatic carbocycles. The molecule has 1 aliphatic rings. The molecule has 0 bridgehead atoms. The van der Waals surface area contributed by atoms with Crippen LogP contribution in [0.1, 0.15) is 21.6 Å². The van der Waals surface area contributed by atoms with Gasteiger partial charge >= 0.3 is 0 Å². The average Bonchev–Trinajstić information content (AvgIpc) is 2.91. The molecule has 2 heterocycles. The van der Waals surface area contributed by atoms with Crippen molar-refractivity contribution in [3.8, 4) is 0 Å². The fourth-order valence-electron chi connectivity index (χ4n) is 3.20. The Balaban J connectivity index is 1.68. The fraction of sp³-hybridized carbons (Fsp3) is 0.167. The maximum atomic E-state index is 13.3. The van der Waals surface area contributed by atoms with Gasteiger partial charge in [-0.2, -0.15) is 0 Å². The molecule has 5 heteroatoms. The molecule has 0 saturated carbocycles. The molecule has 0 spiro atoms. The first-order valence-electron chi connectivity index (χ1n) is 7.45. The minimum atomic E-state index is -0.738. The van der Waals surface area contributed by atoms with E-state index in [4.69, 9.17) is 0 Å². The Bertz CT molecular complexity index is 896. The van der Waals surface area contributed by atoms with Crippen LogP contribution in [0.2, 0.25) is 0 Å². The van der Waals surface area contributed by atoms with Crippen molar-refractivity contribution in [1.82, 2.24) is 9.88 Å². The number of benzene rings is 2. The van der Waals surface area contributed by atoms with Crippen molar-refractivity contribution in [2.45, 2.75) is 13.0 Å². The van der Waals surface area contributed by atoms with Crippen LogP contribution < -0.4 is 0 Å². The molecule has 1 amide bonds. The number of amides is 1. The van der Waals surface area contributed by atoms with Gasteiger partial charge in [0.25, 0.3) is 5.91 Å². The van der Waals surface area contributed by atoms with Crippen LogP contribution in [0.5, 0.6) is 0 Å². The molecule has 0 saturated heterocycles. The van der Waals surface area contributed by atoms with Gasteiger partial charge in [-0.25, -0.2) is 8.78 Å².